The molecule has 0 spiro atoms. The van der Waals surface area contributed by atoms with E-state index in [0.29, 0.717) is 10.2 Å². The van der Waals surface area contributed by atoms with E-state index >= 15 is 0 Å². The fourth-order valence-electron chi connectivity index (χ4n) is 2.57. The Balaban J connectivity index is 2.29. The summed E-state index contributed by atoms with van der Waals surface area (Å²) in [5.74, 6) is 0. The molecule has 1 aromatic heterocycles. The first-order valence-corrected chi connectivity index (χ1v) is 7.79. The molecule has 0 aliphatic heterocycles. The maximum atomic E-state index is 12.6. The quantitative estimate of drug-likeness (QED) is 0.624. The number of aromatic nitrogens is 2. The van der Waals surface area contributed by atoms with Gasteiger partial charge in [-0.3, -0.25) is 9.36 Å². The van der Waals surface area contributed by atoms with E-state index in [1.54, 1.807) is 4.57 Å². The van der Waals surface area contributed by atoms with Crippen molar-refractivity contribution in [2.75, 3.05) is 0 Å². The molecule has 0 saturated carbocycles. The highest BCUT2D eigenvalue weighted by Crippen LogP contribution is 2.16. The maximum Gasteiger partial charge on any atom is 0.262 e. The molecule has 0 aliphatic carbocycles. The zero-order valence-electron chi connectivity index (χ0n) is 12.2. The standard InChI is InChI=1S/C16H22N2OS/c1-3-4-5-6-9-12(2)18-15(19)13-10-7-8-11-14(13)17-16(18)20/h7-8,10-12H,3-6,9H2,1-2H3,(H,17,20). The minimum absolute atomic E-state index is 0.0207. The number of rotatable bonds is 6. The molecule has 0 aliphatic rings. The number of fused-ring (bicyclic) bond motifs is 1. The molecule has 0 saturated heterocycles. The number of hydrogen-bond acceptors (Lipinski definition) is 2. The molecule has 1 heterocycles. The first kappa shape index (κ1) is 15.0. The largest absolute Gasteiger partial charge is 0.332 e. The second-order valence-electron chi connectivity index (χ2n) is 5.35. The molecule has 1 atom stereocenters. The van der Waals surface area contributed by atoms with Crippen LogP contribution >= 0.6 is 12.2 Å². The number of aromatic amines is 1. The fourth-order valence-corrected chi connectivity index (χ4v) is 2.94. The second-order valence-corrected chi connectivity index (χ2v) is 5.74. The highest BCUT2D eigenvalue weighted by atomic mass is 32.1. The highest BCUT2D eigenvalue weighted by molar-refractivity contribution is 7.71. The number of H-pyrrole nitrogens is 1. The highest BCUT2D eigenvalue weighted by Gasteiger charge is 2.11. The molecule has 2 aromatic rings. The van der Waals surface area contributed by atoms with Crippen molar-refractivity contribution in [3.05, 3.63) is 39.4 Å². The topological polar surface area (TPSA) is 37.8 Å². The molecular formula is C16H22N2OS. The monoisotopic (exact) mass is 290 g/mol. The van der Waals surface area contributed by atoms with Gasteiger partial charge in [-0.2, -0.15) is 0 Å². The van der Waals surface area contributed by atoms with Crippen molar-refractivity contribution in [2.45, 2.75) is 52.0 Å². The average Bonchev–Trinajstić information content (AvgIpc) is 2.43. The van der Waals surface area contributed by atoms with Crippen molar-refractivity contribution in [3.8, 4) is 0 Å². The summed E-state index contributed by atoms with van der Waals surface area (Å²) in [4.78, 5) is 15.7. The van der Waals surface area contributed by atoms with Crippen LogP contribution in [-0.4, -0.2) is 9.55 Å². The van der Waals surface area contributed by atoms with Gasteiger partial charge in [-0.1, -0.05) is 44.7 Å². The predicted molar refractivity (Wildman–Crippen MR) is 86.9 cm³/mol. The Morgan fingerprint density at radius 2 is 2.00 bits per heavy atom. The van der Waals surface area contributed by atoms with E-state index < -0.39 is 0 Å². The van der Waals surface area contributed by atoms with Crippen LogP contribution in [0.2, 0.25) is 0 Å². The summed E-state index contributed by atoms with van der Waals surface area (Å²) in [6, 6.07) is 7.68. The molecule has 3 nitrogen and oxygen atoms in total. The summed E-state index contributed by atoms with van der Waals surface area (Å²) < 4.78 is 2.25. The Morgan fingerprint density at radius 3 is 2.75 bits per heavy atom. The number of nitrogens with one attached hydrogen (secondary N) is 1. The summed E-state index contributed by atoms with van der Waals surface area (Å²) in [5.41, 5.74) is 0.837. The number of nitrogens with zero attached hydrogens (tertiary/aromatic N) is 1. The van der Waals surface area contributed by atoms with Crippen LogP contribution in [0.15, 0.2) is 29.1 Å². The SMILES string of the molecule is CCCCCCC(C)n1c(=S)[nH]c2ccccc2c1=O. The Labute approximate surface area is 124 Å². The van der Waals surface area contributed by atoms with Gasteiger partial charge in [-0.25, -0.2) is 0 Å². The van der Waals surface area contributed by atoms with E-state index in [-0.39, 0.29) is 11.6 Å². The van der Waals surface area contributed by atoms with E-state index in [0.717, 1.165) is 18.4 Å². The number of unbranched alkanes of at least 4 members (excludes halogenated alkanes) is 3. The minimum atomic E-state index is 0.0207. The lowest BCUT2D eigenvalue weighted by Crippen LogP contribution is -2.25. The first-order chi connectivity index (χ1) is 9.65. The van der Waals surface area contributed by atoms with E-state index in [1.165, 1.54) is 19.3 Å². The molecule has 0 fully saturated rings. The molecule has 1 unspecified atom stereocenters. The number of para-hydroxylation sites is 1. The Kier molecular flexibility index (Phi) is 5.12. The third kappa shape index (κ3) is 3.18. The van der Waals surface area contributed by atoms with Crippen molar-refractivity contribution in [2.24, 2.45) is 0 Å². The zero-order valence-corrected chi connectivity index (χ0v) is 13.0. The number of benzene rings is 1. The second kappa shape index (κ2) is 6.84. The average molecular weight is 290 g/mol. The van der Waals surface area contributed by atoms with Crippen LogP contribution in [0.4, 0.5) is 0 Å². The van der Waals surface area contributed by atoms with Crippen LogP contribution in [0.1, 0.15) is 52.0 Å². The Morgan fingerprint density at radius 1 is 1.25 bits per heavy atom. The van der Waals surface area contributed by atoms with E-state index in [4.69, 9.17) is 12.2 Å². The van der Waals surface area contributed by atoms with Gasteiger partial charge in [0, 0.05) is 6.04 Å². The van der Waals surface area contributed by atoms with Gasteiger partial charge in [-0.15, -0.1) is 0 Å². The molecule has 4 heteroatoms. The van der Waals surface area contributed by atoms with Gasteiger partial charge < -0.3 is 4.98 Å². The summed E-state index contributed by atoms with van der Waals surface area (Å²) in [6.45, 7) is 4.28. The Bertz CT molecular complexity index is 687. The van der Waals surface area contributed by atoms with Crippen molar-refractivity contribution in [1.29, 1.82) is 0 Å². The normalized spacial score (nSPS) is 12.7. The van der Waals surface area contributed by atoms with Crippen molar-refractivity contribution in [3.63, 3.8) is 0 Å². The molecule has 1 N–H and O–H groups in total. The lowest BCUT2D eigenvalue weighted by molar-refractivity contribution is 0.455. The summed E-state index contributed by atoms with van der Waals surface area (Å²) in [6.07, 6.45) is 5.84. The molecular weight excluding hydrogens is 268 g/mol. The molecule has 108 valence electrons. The van der Waals surface area contributed by atoms with Gasteiger partial charge in [0.1, 0.15) is 0 Å². The van der Waals surface area contributed by atoms with E-state index in [9.17, 15) is 4.79 Å². The first-order valence-electron chi connectivity index (χ1n) is 7.38. The van der Waals surface area contributed by atoms with Crippen molar-refractivity contribution < 1.29 is 0 Å². The molecule has 0 amide bonds. The molecule has 2 rings (SSSR count). The Hall–Kier alpha value is -1.42. The smallest absolute Gasteiger partial charge is 0.262 e. The van der Waals surface area contributed by atoms with Gasteiger partial charge in [0.15, 0.2) is 4.77 Å². The number of hydrogen-bond donors (Lipinski definition) is 1. The minimum Gasteiger partial charge on any atom is -0.332 e. The lowest BCUT2D eigenvalue weighted by Gasteiger charge is -2.16. The maximum absolute atomic E-state index is 12.6. The van der Waals surface area contributed by atoms with Gasteiger partial charge >= 0.3 is 0 Å². The third-order valence-electron chi connectivity index (χ3n) is 3.75. The summed E-state index contributed by atoms with van der Waals surface area (Å²) >= 11 is 5.35. The fraction of sp³-hybridized carbons (Fsp3) is 0.500. The van der Waals surface area contributed by atoms with Crippen LogP contribution in [0.25, 0.3) is 10.9 Å². The zero-order chi connectivity index (χ0) is 14.5. The van der Waals surface area contributed by atoms with Gasteiger partial charge in [0.05, 0.1) is 10.9 Å². The van der Waals surface area contributed by atoms with Gasteiger partial charge in [0.2, 0.25) is 0 Å². The van der Waals surface area contributed by atoms with E-state index in [1.807, 2.05) is 24.3 Å². The lowest BCUT2D eigenvalue weighted by atomic mass is 10.1. The molecule has 0 bridgehead atoms. The third-order valence-corrected chi connectivity index (χ3v) is 4.05. The van der Waals surface area contributed by atoms with Crippen molar-refractivity contribution >= 4 is 23.1 Å². The molecule has 1 aromatic carbocycles. The van der Waals surface area contributed by atoms with Gasteiger partial charge in [-0.05, 0) is 37.7 Å². The van der Waals surface area contributed by atoms with Crippen LogP contribution < -0.4 is 5.56 Å². The summed E-state index contributed by atoms with van der Waals surface area (Å²) in [5, 5.41) is 0.710. The van der Waals surface area contributed by atoms with Crippen LogP contribution in [-0.2, 0) is 0 Å². The van der Waals surface area contributed by atoms with E-state index in [2.05, 4.69) is 18.8 Å². The van der Waals surface area contributed by atoms with Crippen LogP contribution in [0, 0.1) is 4.77 Å². The molecule has 0 radical (unpaired) electrons. The van der Waals surface area contributed by atoms with Gasteiger partial charge in [0.25, 0.3) is 5.56 Å². The van der Waals surface area contributed by atoms with Crippen LogP contribution in [0.5, 0.6) is 0 Å². The predicted octanol–water partition coefficient (Wildman–Crippen LogP) is 4.59. The molecule has 20 heavy (non-hydrogen) atoms. The van der Waals surface area contributed by atoms with Crippen LogP contribution in [0.3, 0.4) is 0 Å². The summed E-state index contributed by atoms with van der Waals surface area (Å²) in [7, 11) is 0. The van der Waals surface area contributed by atoms with Crippen molar-refractivity contribution in [1.82, 2.24) is 9.55 Å².